The van der Waals surface area contributed by atoms with Gasteiger partial charge in [-0.3, -0.25) is 9.59 Å². The molecule has 4 rings (SSSR count). The van der Waals surface area contributed by atoms with Gasteiger partial charge >= 0.3 is 0 Å². The average Bonchev–Trinajstić information content (AvgIpc) is 3.54. The Hall–Kier alpha value is -2.82. The fourth-order valence-electron chi connectivity index (χ4n) is 3.71. The molecule has 1 atom stereocenters. The molecule has 2 fully saturated rings. The zero-order valence-electron chi connectivity index (χ0n) is 15.5. The normalized spacial score (nSPS) is 20.1. The standard InChI is InChI=1S/C22H24N2O3/c1-27-19-11-7-17(8-12-19)21-22(26)23(14-13-16-5-3-2-4-6-16)15-20(25)24(21)18-9-10-18/h2-8,11-12,18,21H,9-10,13-15H2,1H3. The van der Waals surface area contributed by atoms with Crippen molar-refractivity contribution in [2.24, 2.45) is 0 Å². The molecule has 2 aromatic carbocycles. The van der Waals surface area contributed by atoms with Gasteiger partial charge in [0.25, 0.3) is 5.91 Å². The maximum atomic E-state index is 13.3. The van der Waals surface area contributed by atoms with E-state index in [9.17, 15) is 9.59 Å². The van der Waals surface area contributed by atoms with Crippen molar-refractivity contribution in [2.75, 3.05) is 20.2 Å². The third-order valence-electron chi connectivity index (χ3n) is 5.32. The van der Waals surface area contributed by atoms with Gasteiger partial charge in [0.15, 0.2) is 0 Å². The molecule has 1 heterocycles. The summed E-state index contributed by atoms with van der Waals surface area (Å²) in [6.07, 6.45) is 2.71. The molecule has 5 nitrogen and oxygen atoms in total. The number of hydrogen-bond donors (Lipinski definition) is 0. The summed E-state index contributed by atoms with van der Waals surface area (Å²) in [6.45, 7) is 0.731. The first-order valence-corrected chi connectivity index (χ1v) is 9.45. The van der Waals surface area contributed by atoms with Gasteiger partial charge in [0.2, 0.25) is 5.91 Å². The minimum atomic E-state index is -0.527. The van der Waals surface area contributed by atoms with E-state index in [0.717, 1.165) is 30.6 Å². The Morgan fingerprint density at radius 3 is 2.33 bits per heavy atom. The number of carbonyl (C=O) groups excluding carboxylic acids is 2. The number of hydrogen-bond acceptors (Lipinski definition) is 3. The molecule has 0 spiro atoms. The second-order valence-corrected chi connectivity index (χ2v) is 7.20. The zero-order valence-corrected chi connectivity index (χ0v) is 15.5. The summed E-state index contributed by atoms with van der Waals surface area (Å²) in [7, 11) is 1.62. The van der Waals surface area contributed by atoms with Gasteiger partial charge in [-0.25, -0.2) is 0 Å². The van der Waals surface area contributed by atoms with Gasteiger partial charge in [0.1, 0.15) is 11.8 Å². The van der Waals surface area contributed by atoms with Crippen molar-refractivity contribution >= 4 is 11.8 Å². The van der Waals surface area contributed by atoms with Crippen molar-refractivity contribution in [3.8, 4) is 5.75 Å². The van der Waals surface area contributed by atoms with Crippen LogP contribution in [0.4, 0.5) is 0 Å². The second-order valence-electron chi connectivity index (χ2n) is 7.20. The van der Waals surface area contributed by atoms with Gasteiger partial charge in [0, 0.05) is 12.6 Å². The monoisotopic (exact) mass is 364 g/mol. The van der Waals surface area contributed by atoms with Crippen molar-refractivity contribution in [2.45, 2.75) is 31.3 Å². The maximum absolute atomic E-state index is 13.3. The predicted molar refractivity (Wildman–Crippen MR) is 102 cm³/mol. The minimum Gasteiger partial charge on any atom is -0.497 e. The summed E-state index contributed by atoms with van der Waals surface area (Å²) in [6, 6.07) is 17.2. The number of rotatable bonds is 6. The molecule has 1 aliphatic carbocycles. The molecular weight excluding hydrogens is 340 g/mol. The molecule has 2 aromatic rings. The molecule has 1 saturated carbocycles. The predicted octanol–water partition coefficient (Wildman–Crippen LogP) is 2.81. The first-order chi connectivity index (χ1) is 13.2. The van der Waals surface area contributed by atoms with Gasteiger partial charge in [-0.15, -0.1) is 0 Å². The molecule has 0 radical (unpaired) electrons. The van der Waals surface area contributed by atoms with Crippen molar-refractivity contribution in [3.63, 3.8) is 0 Å². The van der Waals surface area contributed by atoms with E-state index in [1.165, 1.54) is 5.56 Å². The lowest BCUT2D eigenvalue weighted by atomic mass is 10.00. The molecule has 0 aromatic heterocycles. The lowest BCUT2D eigenvalue weighted by Crippen LogP contribution is -2.56. The molecular formula is C22H24N2O3. The van der Waals surface area contributed by atoms with Crippen LogP contribution in [-0.2, 0) is 16.0 Å². The summed E-state index contributed by atoms with van der Waals surface area (Å²) in [5, 5.41) is 0. The lowest BCUT2D eigenvalue weighted by molar-refractivity contribution is -0.157. The molecule has 0 N–H and O–H groups in total. The Kier molecular flexibility index (Phi) is 4.84. The topological polar surface area (TPSA) is 49.9 Å². The molecule has 1 unspecified atom stereocenters. The highest BCUT2D eigenvalue weighted by Gasteiger charge is 2.46. The molecule has 5 heteroatoms. The van der Waals surface area contributed by atoms with Crippen LogP contribution in [0.2, 0.25) is 0 Å². The van der Waals surface area contributed by atoms with Crippen LogP contribution in [0.25, 0.3) is 0 Å². The van der Waals surface area contributed by atoms with Crippen molar-refractivity contribution in [3.05, 3.63) is 65.7 Å². The maximum Gasteiger partial charge on any atom is 0.250 e. The fraction of sp³-hybridized carbons (Fsp3) is 0.364. The van der Waals surface area contributed by atoms with Gasteiger partial charge in [-0.2, -0.15) is 0 Å². The smallest absolute Gasteiger partial charge is 0.250 e. The number of nitrogens with zero attached hydrogens (tertiary/aromatic N) is 2. The Morgan fingerprint density at radius 2 is 1.70 bits per heavy atom. The van der Waals surface area contributed by atoms with Crippen LogP contribution < -0.4 is 4.74 Å². The van der Waals surface area contributed by atoms with Crippen LogP contribution in [0, 0.1) is 0 Å². The van der Waals surface area contributed by atoms with Crippen LogP contribution in [0.5, 0.6) is 5.75 Å². The van der Waals surface area contributed by atoms with Gasteiger partial charge in [0.05, 0.1) is 13.7 Å². The highest BCUT2D eigenvalue weighted by atomic mass is 16.5. The quantitative estimate of drug-likeness (QED) is 0.792. The summed E-state index contributed by atoms with van der Waals surface area (Å²) < 4.78 is 5.22. The highest BCUT2D eigenvalue weighted by Crippen LogP contribution is 2.38. The SMILES string of the molecule is COc1ccc(C2C(=O)N(CCc3ccccc3)CC(=O)N2C2CC2)cc1. The number of amides is 2. The van der Waals surface area contributed by atoms with Crippen molar-refractivity contribution < 1.29 is 14.3 Å². The van der Waals surface area contributed by atoms with Gasteiger partial charge < -0.3 is 14.5 Å². The first-order valence-electron chi connectivity index (χ1n) is 9.45. The Bertz CT molecular complexity index is 815. The van der Waals surface area contributed by atoms with Gasteiger partial charge in [-0.05, 0) is 42.5 Å². The average molecular weight is 364 g/mol. The molecule has 0 bridgehead atoms. The number of benzene rings is 2. The molecule has 1 saturated heterocycles. The lowest BCUT2D eigenvalue weighted by Gasteiger charge is -2.41. The van der Waals surface area contributed by atoms with E-state index >= 15 is 0 Å². The van der Waals surface area contributed by atoms with Gasteiger partial charge in [-0.1, -0.05) is 42.5 Å². The van der Waals surface area contributed by atoms with E-state index < -0.39 is 6.04 Å². The van der Waals surface area contributed by atoms with Crippen LogP contribution >= 0.6 is 0 Å². The van der Waals surface area contributed by atoms with Crippen LogP contribution in [-0.4, -0.2) is 47.9 Å². The summed E-state index contributed by atoms with van der Waals surface area (Å²) >= 11 is 0. The number of ether oxygens (including phenoxy) is 1. The van der Waals surface area contributed by atoms with Crippen LogP contribution in [0.1, 0.15) is 30.0 Å². The molecule has 140 valence electrons. The number of piperazine rings is 1. The third kappa shape index (κ3) is 3.68. The Morgan fingerprint density at radius 1 is 1.00 bits per heavy atom. The largest absolute Gasteiger partial charge is 0.497 e. The first kappa shape index (κ1) is 17.6. The summed E-state index contributed by atoms with van der Waals surface area (Å²) in [5.74, 6) is 0.806. The summed E-state index contributed by atoms with van der Waals surface area (Å²) in [5.41, 5.74) is 2.02. The van der Waals surface area contributed by atoms with E-state index in [1.807, 2.05) is 59.5 Å². The van der Waals surface area contributed by atoms with E-state index in [1.54, 1.807) is 12.0 Å². The van der Waals surface area contributed by atoms with Crippen LogP contribution in [0.15, 0.2) is 54.6 Å². The number of methoxy groups -OCH3 is 1. The molecule has 2 amide bonds. The fourth-order valence-corrected chi connectivity index (χ4v) is 3.71. The van der Waals surface area contributed by atoms with E-state index in [-0.39, 0.29) is 24.4 Å². The van der Waals surface area contributed by atoms with E-state index in [4.69, 9.17) is 4.74 Å². The van der Waals surface area contributed by atoms with Crippen molar-refractivity contribution in [1.82, 2.24) is 9.80 Å². The third-order valence-corrected chi connectivity index (χ3v) is 5.32. The molecule has 27 heavy (non-hydrogen) atoms. The Balaban J connectivity index is 1.57. The Labute approximate surface area is 159 Å². The minimum absolute atomic E-state index is 0.0163. The van der Waals surface area contributed by atoms with E-state index in [0.29, 0.717) is 6.54 Å². The highest BCUT2D eigenvalue weighted by molar-refractivity contribution is 5.96. The van der Waals surface area contributed by atoms with E-state index in [2.05, 4.69) is 0 Å². The summed E-state index contributed by atoms with van der Waals surface area (Å²) in [4.78, 5) is 29.7. The second kappa shape index (κ2) is 7.43. The van der Waals surface area contributed by atoms with Crippen LogP contribution in [0.3, 0.4) is 0 Å². The van der Waals surface area contributed by atoms with Crippen molar-refractivity contribution in [1.29, 1.82) is 0 Å². The zero-order chi connectivity index (χ0) is 18.8. The number of carbonyl (C=O) groups is 2. The molecule has 2 aliphatic rings. The molecule has 1 aliphatic heterocycles.